The molecule has 0 aliphatic carbocycles. The van der Waals surface area contributed by atoms with Crippen LogP contribution in [-0.4, -0.2) is 48.9 Å². The minimum absolute atomic E-state index is 0.0900. The van der Waals surface area contributed by atoms with Crippen LogP contribution in [0.1, 0.15) is 51.0 Å². The van der Waals surface area contributed by atoms with Gasteiger partial charge in [-0.2, -0.15) is 5.10 Å². The molecule has 0 fully saturated rings. The largest absolute Gasteiger partial charge is 0.496 e. The van der Waals surface area contributed by atoms with E-state index in [2.05, 4.69) is 29.6 Å². The molecule has 2 N–H and O–H groups in total. The third kappa shape index (κ3) is 6.02. The highest BCUT2D eigenvalue weighted by Crippen LogP contribution is 2.38. The van der Waals surface area contributed by atoms with E-state index in [9.17, 15) is 9.59 Å². The Hall–Kier alpha value is -3.03. The van der Waals surface area contributed by atoms with Gasteiger partial charge in [-0.3, -0.25) is 14.3 Å². The predicted octanol–water partition coefficient (Wildman–Crippen LogP) is 3.50. The Balaban J connectivity index is 2.49. The molecule has 0 saturated carbocycles. The summed E-state index contributed by atoms with van der Waals surface area (Å²) in [6.07, 6.45) is 1.19. The average molecular weight is 445 g/mol. The van der Waals surface area contributed by atoms with E-state index in [1.54, 1.807) is 27.3 Å². The fourth-order valence-electron chi connectivity index (χ4n) is 3.39. The van der Waals surface area contributed by atoms with Gasteiger partial charge < -0.3 is 20.1 Å². The maximum atomic E-state index is 13.1. The molecule has 1 aromatic heterocycles. The van der Waals surface area contributed by atoms with Gasteiger partial charge in [0.2, 0.25) is 5.91 Å². The van der Waals surface area contributed by atoms with Crippen molar-refractivity contribution in [2.24, 2.45) is 11.8 Å². The van der Waals surface area contributed by atoms with Gasteiger partial charge in [0, 0.05) is 26.1 Å². The quantitative estimate of drug-likeness (QED) is 0.553. The summed E-state index contributed by atoms with van der Waals surface area (Å²) in [7, 11) is 4.80. The fraction of sp³-hybridized carbons (Fsp3) is 0.542. The van der Waals surface area contributed by atoms with Crippen LogP contribution in [0.15, 0.2) is 24.3 Å². The van der Waals surface area contributed by atoms with Gasteiger partial charge in [0.1, 0.15) is 11.5 Å². The van der Waals surface area contributed by atoms with E-state index in [0.29, 0.717) is 29.7 Å². The molecule has 0 radical (unpaired) electrons. The van der Waals surface area contributed by atoms with Crippen LogP contribution < -0.4 is 20.1 Å². The van der Waals surface area contributed by atoms with Crippen LogP contribution in [0.5, 0.6) is 11.5 Å². The molecule has 0 bridgehead atoms. The van der Waals surface area contributed by atoms with Gasteiger partial charge >= 0.3 is 0 Å². The zero-order valence-electron chi connectivity index (χ0n) is 20.2. The first-order chi connectivity index (χ1) is 15.2. The van der Waals surface area contributed by atoms with Gasteiger partial charge in [-0.15, -0.1) is 0 Å². The smallest absolute Gasteiger partial charge is 0.272 e. The topological polar surface area (TPSA) is 94.5 Å². The van der Waals surface area contributed by atoms with Gasteiger partial charge in [0.15, 0.2) is 5.69 Å². The maximum absolute atomic E-state index is 13.1. The Kier molecular flexibility index (Phi) is 9.11. The SMILES string of the molecule is CCC(C)Cn1nc(C(=O)NC(CC(=O)NC)C(C)C)cc1-c1c(OC)cccc1OC. The number of benzene rings is 1. The number of aromatic nitrogens is 2. The number of nitrogens with zero attached hydrogens (tertiary/aromatic N) is 2. The van der Waals surface area contributed by atoms with E-state index >= 15 is 0 Å². The molecule has 1 heterocycles. The minimum Gasteiger partial charge on any atom is -0.496 e. The van der Waals surface area contributed by atoms with Gasteiger partial charge in [-0.25, -0.2) is 0 Å². The summed E-state index contributed by atoms with van der Waals surface area (Å²) < 4.78 is 13.0. The van der Waals surface area contributed by atoms with Gasteiger partial charge in [0.05, 0.1) is 25.5 Å². The molecule has 8 nitrogen and oxygen atoms in total. The monoisotopic (exact) mass is 444 g/mol. The number of hydrogen-bond donors (Lipinski definition) is 2. The van der Waals surface area contributed by atoms with Crippen LogP contribution in [0.3, 0.4) is 0 Å². The van der Waals surface area contributed by atoms with Crippen LogP contribution in [0.2, 0.25) is 0 Å². The zero-order valence-corrected chi connectivity index (χ0v) is 20.2. The summed E-state index contributed by atoms with van der Waals surface area (Å²) in [4.78, 5) is 25.0. The summed E-state index contributed by atoms with van der Waals surface area (Å²) in [6, 6.07) is 7.03. The highest BCUT2D eigenvalue weighted by molar-refractivity contribution is 5.94. The lowest BCUT2D eigenvalue weighted by Crippen LogP contribution is -2.42. The molecule has 2 aromatic rings. The van der Waals surface area contributed by atoms with Crippen molar-refractivity contribution in [3.63, 3.8) is 0 Å². The van der Waals surface area contributed by atoms with E-state index in [-0.39, 0.29) is 30.2 Å². The number of methoxy groups -OCH3 is 2. The second-order valence-corrected chi connectivity index (χ2v) is 8.35. The van der Waals surface area contributed by atoms with Crippen molar-refractivity contribution in [3.8, 4) is 22.8 Å². The molecular formula is C24H36N4O4. The number of carbonyl (C=O) groups excluding carboxylic acids is 2. The Morgan fingerprint density at radius 1 is 1.12 bits per heavy atom. The molecule has 2 unspecified atom stereocenters. The van der Waals surface area contributed by atoms with Crippen molar-refractivity contribution in [2.45, 2.75) is 53.1 Å². The highest BCUT2D eigenvalue weighted by Gasteiger charge is 2.25. The molecule has 2 atom stereocenters. The Morgan fingerprint density at radius 3 is 2.25 bits per heavy atom. The molecule has 2 amide bonds. The average Bonchev–Trinajstić information content (AvgIpc) is 3.20. The Labute approximate surface area is 190 Å². The van der Waals surface area contributed by atoms with Crippen LogP contribution in [0, 0.1) is 11.8 Å². The minimum atomic E-state index is -0.314. The van der Waals surface area contributed by atoms with E-state index < -0.39 is 0 Å². The number of carbonyl (C=O) groups is 2. The first-order valence-electron chi connectivity index (χ1n) is 11.1. The van der Waals surface area contributed by atoms with E-state index in [1.807, 2.05) is 36.7 Å². The summed E-state index contributed by atoms with van der Waals surface area (Å²) in [6.45, 7) is 8.85. The first-order valence-corrected chi connectivity index (χ1v) is 11.1. The predicted molar refractivity (Wildman–Crippen MR) is 125 cm³/mol. The Morgan fingerprint density at radius 2 is 1.75 bits per heavy atom. The number of nitrogens with one attached hydrogen (secondary N) is 2. The van der Waals surface area contributed by atoms with E-state index in [4.69, 9.17) is 9.47 Å². The molecule has 8 heteroatoms. The van der Waals surface area contributed by atoms with Crippen molar-refractivity contribution in [3.05, 3.63) is 30.0 Å². The maximum Gasteiger partial charge on any atom is 0.272 e. The lowest BCUT2D eigenvalue weighted by molar-refractivity contribution is -0.121. The lowest BCUT2D eigenvalue weighted by Gasteiger charge is -2.21. The second kappa shape index (κ2) is 11.5. The highest BCUT2D eigenvalue weighted by atomic mass is 16.5. The van der Waals surface area contributed by atoms with Gasteiger partial charge in [0.25, 0.3) is 5.91 Å². The number of amides is 2. The normalized spacial score (nSPS) is 12.9. The molecule has 0 aliphatic rings. The second-order valence-electron chi connectivity index (χ2n) is 8.35. The standard InChI is InChI=1S/C24H36N4O4/c1-8-16(4)14-28-19(23-20(31-6)10-9-11-21(23)32-7)12-18(27-28)24(30)26-17(15(2)3)13-22(29)25-5/h9-12,15-17H,8,13-14H2,1-7H3,(H,25,29)(H,26,30). The number of ether oxygens (including phenoxy) is 2. The molecular weight excluding hydrogens is 408 g/mol. The van der Waals surface area contributed by atoms with Crippen LogP contribution in [0.4, 0.5) is 0 Å². The molecule has 32 heavy (non-hydrogen) atoms. The molecule has 176 valence electrons. The molecule has 1 aromatic carbocycles. The molecule has 2 rings (SSSR count). The molecule has 0 aliphatic heterocycles. The third-order valence-corrected chi connectivity index (χ3v) is 5.68. The van der Waals surface area contributed by atoms with Crippen LogP contribution in [-0.2, 0) is 11.3 Å². The van der Waals surface area contributed by atoms with E-state index in [1.165, 1.54) is 0 Å². The van der Waals surface area contributed by atoms with Gasteiger partial charge in [-0.05, 0) is 30.0 Å². The summed E-state index contributed by atoms with van der Waals surface area (Å²) in [5.74, 6) is 1.30. The fourth-order valence-corrected chi connectivity index (χ4v) is 3.39. The summed E-state index contributed by atoms with van der Waals surface area (Å²) >= 11 is 0. The van der Waals surface area contributed by atoms with Crippen molar-refractivity contribution in [1.29, 1.82) is 0 Å². The van der Waals surface area contributed by atoms with Crippen molar-refractivity contribution in [1.82, 2.24) is 20.4 Å². The number of hydrogen-bond acceptors (Lipinski definition) is 5. The third-order valence-electron chi connectivity index (χ3n) is 5.68. The summed E-state index contributed by atoms with van der Waals surface area (Å²) in [5, 5.41) is 10.2. The van der Waals surface area contributed by atoms with Gasteiger partial charge in [-0.1, -0.05) is 40.2 Å². The summed E-state index contributed by atoms with van der Waals surface area (Å²) in [5.41, 5.74) is 1.79. The van der Waals surface area contributed by atoms with Crippen LogP contribution >= 0.6 is 0 Å². The van der Waals surface area contributed by atoms with Crippen molar-refractivity contribution < 1.29 is 19.1 Å². The lowest BCUT2D eigenvalue weighted by atomic mass is 10.0. The first kappa shape index (κ1) is 25.2. The van der Waals surface area contributed by atoms with Crippen molar-refractivity contribution in [2.75, 3.05) is 21.3 Å². The molecule has 0 spiro atoms. The van der Waals surface area contributed by atoms with Crippen LogP contribution in [0.25, 0.3) is 11.3 Å². The number of rotatable bonds is 11. The molecule has 0 saturated heterocycles. The Bertz CT molecular complexity index is 900. The zero-order chi connectivity index (χ0) is 23.8. The van der Waals surface area contributed by atoms with Crippen molar-refractivity contribution >= 4 is 11.8 Å². The van der Waals surface area contributed by atoms with E-state index in [0.717, 1.165) is 17.7 Å².